The summed E-state index contributed by atoms with van der Waals surface area (Å²) in [5.41, 5.74) is 0.627. The van der Waals surface area contributed by atoms with E-state index in [0.29, 0.717) is 37.8 Å². The maximum absolute atomic E-state index is 12.2. The third-order valence-electron chi connectivity index (χ3n) is 4.16. The van der Waals surface area contributed by atoms with Crippen LogP contribution in [0.15, 0.2) is 29.2 Å². The van der Waals surface area contributed by atoms with Gasteiger partial charge < -0.3 is 25.4 Å². The van der Waals surface area contributed by atoms with E-state index in [1.807, 2.05) is 52.0 Å². The zero-order chi connectivity index (χ0) is 26.3. The Bertz CT molecular complexity index is 749. The summed E-state index contributed by atoms with van der Waals surface area (Å²) in [5.74, 6) is 5.81. The van der Waals surface area contributed by atoms with Crippen LogP contribution in [0.1, 0.15) is 58.3 Å². The molecule has 1 atom stereocenters. The first-order valence-electron chi connectivity index (χ1n) is 12.3. The highest BCUT2D eigenvalue weighted by molar-refractivity contribution is 8.76. The highest BCUT2D eigenvalue weighted by atomic mass is 33.1. The lowest BCUT2D eigenvalue weighted by molar-refractivity contribution is -0.126. The monoisotopic (exact) mass is 525 g/mol. The molecular formula is C26H43N3O4S2. The van der Waals surface area contributed by atoms with Crippen LogP contribution < -0.4 is 16.0 Å². The van der Waals surface area contributed by atoms with Crippen LogP contribution in [0.3, 0.4) is 0 Å². The van der Waals surface area contributed by atoms with E-state index in [2.05, 4.69) is 41.6 Å². The Labute approximate surface area is 220 Å². The number of carbonyl (C=O) groups is 2. The van der Waals surface area contributed by atoms with Gasteiger partial charge in [-0.1, -0.05) is 69.1 Å². The van der Waals surface area contributed by atoms with Crippen molar-refractivity contribution in [2.75, 3.05) is 46.0 Å². The summed E-state index contributed by atoms with van der Waals surface area (Å²) in [6.07, 6.45) is 0.775. The van der Waals surface area contributed by atoms with Gasteiger partial charge in [-0.25, -0.2) is 0 Å². The number of hydrogen-bond acceptors (Lipinski definition) is 7. The molecule has 1 rings (SSSR count). The molecule has 0 heterocycles. The van der Waals surface area contributed by atoms with Crippen molar-refractivity contribution in [3.05, 3.63) is 29.8 Å². The standard InChI is InChI=1S/C24H37N3O4S2.C2H6/c1-5-7-8-13-26-22(28)18-30-16-17-31-24(19(3)4)33-32-21-11-9-20(10-12-21)23(29)27-15-14-25-6-2;1-2/h9-12,19,24-25H,5-6,13-18H2,1-4H3,(H,26,28)(H,27,29);1-2H3. The summed E-state index contributed by atoms with van der Waals surface area (Å²) >= 11 is 0. The van der Waals surface area contributed by atoms with Crippen LogP contribution in [0.5, 0.6) is 0 Å². The number of hydrogen-bond donors (Lipinski definition) is 3. The fourth-order valence-electron chi connectivity index (χ4n) is 2.41. The summed E-state index contributed by atoms with van der Waals surface area (Å²) in [5, 5.41) is 8.76. The lowest BCUT2D eigenvalue weighted by Crippen LogP contribution is -2.31. The van der Waals surface area contributed by atoms with E-state index in [0.717, 1.165) is 24.4 Å². The minimum atomic E-state index is -0.180. The average Bonchev–Trinajstić information content (AvgIpc) is 2.87. The zero-order valence-corrected chi connectivity index (χ0v) is 23.7. The second kappa shape index (κ2) is 22.7. The Morgan fingerprint density at radius 2 is 1.71 bits per heavy atom. The maximum atomic E-state index is 12.2. The second-order valence-electron chi connectivity index (χ2n) is 7.33. The number of benzene rings is 1. The van der Waals surface area contributed by atoms with Gasteiger partial charge >= 0.3 is 0 Å². The molecule has 0 spiro atoms. The number of likely N-dealkylation sites (N-methyl/N-ethyl adjacent to an activating group) is 1. The number of amides is 2. The predicted molar refractivity (Wildman–Crippen MR) is 149 cm³/mol. The van der Waals surface area contributed by atoms with Crippen molar-refractivity contribution in [2.24, 2.45) is 5.92 Å². The van der Waals surface area contributed by atoms with Crippen molar-refractivity contribution in [3.8, 4) is 11.8 Å². The Kier molecular flexibility index (Phi) is 21.6. The highest BCUT2D eigenvalue weighted by Crippen LogP contribution is 2.37. The number of carbonyl (C=O) groups excluding carboxylic acids is 2. The zero-order valence-electron chi connectivity index (χ0n) is 22.1. The normalized spacial score (nSPS) is 11.1. The van der Waals surface area contributed by atoms with Crippen molar-refractivity contribution >= 4 is 33.4 Å². The van der Waals surface area contributed by atoms with E-state index in [9.17, 15) is 9.59 Å². The van der Waals surface area contributed by atoms with Crippen molar-refractivity contribution < 1.29 is 19.1 Å². The molecule has 3 N–H and O–H groups in total. The molecular weight excluding hydrogens is 482 g/mol. The lowest BCUT2D eigenvalue weighted by atomic mass is 10.2. The van der Waals surface area contributed by atoms with E-state index in [-0.39, 0.29) is 23.9 Å². The van der Waals surface area contributed by atoms with E-state index in [4.69, 9.17) is 9.47 Å². The molecule has 35 heavy (non-hydrogen) atoms. The lowest BCUT2D eigenvalue weighted by Gasteiger charge is -2.20. The fourth-order valence-corrected chi connectivity index (χ4v) is 5.02. The minimum Gasteiger partial charge on any atom is -0.369 e. The minimum absolute atomic E-state index is 0.000442. The predicted octanol–water partition coefficient (Wildman–Crippen LogP) is 4.34. The largest absolute Gasteiger partial charge is 0.369 e. The molecule has 7 nitrogen and oxygen atoms in total. The van der Waals surface area contributed by atoms with Crippen LogP contribution in [-0.2, 0) is 14.3 Å². The summed E-state index contributed by atoms with van der Waals surface area (Å²) in [6.45, 7) is 15.6. The number of ether oxygens (including phenoxy) is 2. The van der Waals surface area contributed by atoms with Crippen molar-refractivity contribution in [1.82, 2.24) is 16.0 Å². The summed E-state index contributed by atoms with van der Waals surface area (Å²) in [4.78, 5) is 24.8. The quantitative estimate of drug-likeness (QED) is 0.128. The third kappa shape index (κ3) is 17.4. The van der Waals surface area contributed by atoms with Crippen LogP contribution >= 0.6 is 21.6 Å². The molecule has 1 unspecified atom stereocenters. The summed E-state index contributed by atoms with van der Waals surface area (Å²) in [6, 6.07) is 7.56. The van der Waals surface area contributed by atoms with Crippen LogP contribution in [0.4, 0.5) is 0 Å². The van der Waals surface area contributed by atoms with Crippen LogP contribution in [0.25, 0.3) is 0 Å². The van der Waals surface area contributed by atoms with Crippen LogP contribution in [0.2, 0.25) is 0 Å². The molecule has 9 heteroatoms. The second-order valence-corrected chi connectivity index (χ2v) is 9.71. The molecule has 198 valence electrons. The first-order valence-corrected chi connectivity index (χ1v) is 14.5. The van der Waals surface area contributed by atoms with Gasteiger partial charge in [0.1, 0.15) is 12.0 Å². The van der Waals surface area contributed by atoms with E-state index in [1.54, 1.807) is 21.6 Å². The Balaban J connectivity index is 0.00000562. The van der Waals surface area contributed by atoms with Crippen molar-refractivity contribution in [1.29, 1.82) is 0 Å². The molecule has 0 saturated carbocycles. The smallest absolute Gasteiger partial charge is 0.251 e. The fraction of sp³-hybridized carbons (Fsp3) is 0.615. The molecule has 0 saturated heterocycles. The molecule has 1 aromatic carbocycles. The summed E-state index contributed by atoms with van der Waals surface area (Å²) < 4.78 is 11.3. The first kappa shape index (κ1) is 33.3. The van der Waals surface area contributed by atoms with Gasteiger partial charge in [0, 0.05) is 30.0 Å². The SMILES string of the molecule is CC.CCC#CCNC(=O)COCCOC(SSc1ccc(C(=O)NCCNCC)cc1)C(C)C. The molecule has 0 fully saturated rings. The molecule has 0 bridgehead atoms. The van der Waals surface area contributed by atoms with Gasteiger partial charge in [-0.2, -0.15) is 0 Å². The van der Waals surface area contributed by atoms with Gasteiger partial charge in [-0.3, -0.25) is 9.59 Å². The molecule has 0 aliphatic carbocycles. The van der Waals surface area contributed by atoms with Gasteiger partial charge in [-0.05, 0) is 36.7 Å². The van der Waals surface area contributed by atoms with E-state index < -0.39 is 0 Å². The topological polar surface area (TPSA) is 88.7 Å². The van der Waals surface area contributed by atoms with Crippen LogP contribution in [0, 0.1) is 17.8 Å². The Morgan fingerprint density at radius 1 is 1.00 bits per heavy atom. The molecule has 0 aliphatic heterocycles. The van der Waals surface area contributed by atoms with Gasteiger partial charge in [0.25, 0.3) is 5.91 Å². The molecule has 2 amide bonds. The molecule has 0 radical (unpaired) electrons. The van der Waals surface area contributed by atoms with E-state index >= 15 is 0 Å². The highest BCUT2D eigenvalue weighted by Gasteiger charge is 2.16. The van der Waals surface area contributed by atoms with E-state index in [1.165, 1.54) is 0 Å². The summed E-state index contributed by atoms with van der Waals surface area (Å²) in [7, 11) is 3.25. The van der Waals surface area contributed by atoms with Gasteiger partial charge in [0.05, 0.1) is 19.8 Å². The third-order valence-corrected chi connectivity index (χ3v) is 7.02. The molecule has 0 aromatic heterocycles. The average molecular weight is 526 g/mol. The molecule has 1 aromatic rings. The van der Waals surface area contributed by atoms with Crippen molar-refractivity contribution in [3.63, 3.8) is 0 Å². The number of rotatable bonds is 16. The van der Waals surface area contributed by atoms with Gasteiger partial charge in [-0.15, -0.1) is 5.92 Å². The Hall–Kier alpha value is -1.70. The molecule has 0 aliphatic rings. The van der Waals surface area contributed by atoms with Crippen molar-refractivity contribution in [2.45, 2.75) is 58.3 Å². The van der Waals surface area contributed by atoms with Gasteiger partial charge in [0.2, 0.25) is 5.91 Å². The maximum Gasteiger partial charge on any atom is 0.251 e. The first-order chi connectivity index (χ1) is 17.0. The Morgan fingerprint density at radius 3 is 2.34 bits per heavy atom. The van der Waals surface area contributed by atoms with Gasteiger partial charge in [0.15, 0.2) is 0 Å². The number of nitrogens with one attached hydrogen (secondary N) is 3. The van der Waals surface area contributed by atoms with Crippen LogP contribution in [-0.4, -0.2) is 63.3 Å².